The summed E-state index contributed by atoms with van der Waals surface area (Å²) in [7, 11) is 0. The Bertz CT molecular complexity index is 125. The number of hydrogen-bond acceptors (Lipinski definition) is 2. The summed E-state index contributed by atoms with van der Waals surface area (Å²) in [4.78, 5) is 0. The van der Waals surface area contributed by atoms with Crippen LogP contribution in [-0.2, 0) is 6.61 Å². The van der Waals surface area contributed by atoms with E-state index in [-0.39, 0.29) is 58.0 Å². The summed E-state index contributed by atoms with van der Waals surface area (Å²) in [6, 6.07) is 3.46. The van der Waals surface area contributed by atoms with Gasteiger partial charge in [-0.05, 0) is 12.1 Å². The molecule has 0 amide bonds. The van der Waals surface area contributed by atoms with Crippen LogP contribution in [0.25, 0.3) is 0 Å². The van der Waals surface area contributed by atoms with Crippen molar-refractivity contribution in [1.29, 1.82) is 0 Å². The average molecular weight is 138 g/mol. The second-order valence-corrected chi connectivity index (χ2v) is 1.24. The fraction of sp³-hybridized carbons (Fsp3) is 0.200. The number of furan rings is 1. The Labute approximate surface area is 90.3 Å². The van der Waals surface area contributed by atoms with E-state index in [0.29, 0.717) is 5.76 Å². The summed E-state index contributed by atoms with van der Waals surface area (Å²) in [5.74, 6) is 0.611. The van der Waals surface area contributed by atoms with Gasteiger partial charge in [-0.1, -0.05) is 0 Å². The van der Waals surface area contributed by atoms with E-state index in [4.69, 9.17) is 9.52 Å². The number of rotatable bonds is 1. The van der Waals surface area contributed by atoms with E-state index >= 15 is 0 Å². The van der Waals surface area contributed by atoms with Crippen LogP contribution in [0, 0.1) is 0 Å². The van der Waals surface area contributed by atoms with E-state index < -0.39 is 0 Å². The van der Waals surface area contributed by atoms with Crippen molar-refractivity contribution in [3.05, 3.63) is 24.2 Å². The molecule has 0 fully saturated rings. The summed E-state index contributed by atoms with van der Waals surface area (Å²) in [6.45, 7) is -0.00694. The molecule has 0 bridgehead atoms. The molecular formula is C5H7KO2. The zero-order chi connectivity index (χ0) is 5.11. The molecule has 1 heterocycles. The summed E-state index contributed by atoms with van der Waals surface area (Å²) >= 11 is 0. The van der Waals surface area contributed by atoms with Crippen molar-refractivity contribution in [2.24, 2.45) is 0 Å². The van der Waals surface area contributed by atoms with Crippen LogP contribution in [0.5, 0.6) is 0 Å². The van der Waals surface area contributed by atoms with Crippen molar-refractivity contribution in [1.82, 2.24) is 0 Å². The predicted octanol–water partition coefficient (Wildman–Crippen LogP) is 0.123. The van der Waals surface area contributed by atoms with Gasteiger partial charge in [0.25, 0.3) is 0 Å². The van der Waals surface area contributed by atoms with E-state index in [9.17, 15) is 0 Å². The van der Waals surface area contributed by atoms with Crippen molar-refractivity contribution in [3.63, 3.8) is 0 Å². The number of aliphatic hydroxyl groups excluding tert-OH is 1. The first-order valence-corrected chi connectivity index (χ1v) is 2.06. The molecule has 2 nitrogen and oxygen atoms in total. The second kappa shape index (κ2) is 4.73. The van der Waals surface area contributed by atoms with Gasteiger partial charge >= 0.3 is 51.4 Å². The fourth-order valence-electron chi connectivity index (χ4n) is 0.403. The van der Waals surface area contributed by atoms with E-state index in [1.165, 1.54) is 6.26 Å². The summed E-state index contributed by atoms with van der Waals surface area (Å²) in [5, 5.41) is 8.33. The molecule has 0 saturated heterocycles. The minimum absolute atomic E-state index is 0. The van der Waals surface area contributed by atoms with Crippen molar-refractivity contribution >= 4 is 51.4 Å². The second-order valence-electron chi connectivity index (χ2n) is 1.24. The van der Waals surface area contributed by atoms with Crippen molar-refractivity contribution in [2.45, 2.75) is 6.61 Å². The van der Waals surface area contributed by atoms with Crippen molar-refractivity contribution < 1.29 is 9.52 Å². The Kier molecular flexibility index (Phi) is 5.24. The predicted molar refractivity (Wildman–Crippen MR) is 31.8 cm³/mol. The van der Waals surface area contributed by atoms with Gasteiger partial charge in [-0.25, -0.2) is 0 Å². The van der Waals surface area contributed by atoms with Gasteiger partial charge in [-0.3, -0.25) is 0 Å². The Morgan fingerprint density at radius 1 is 1.62 bits per heavy atom. The maximum atomic E-state index is 8.33. The molecule has 0 aliphatic carbocycles. The molecule has 1 N–H and O–H groups in total. The molecule has 0 aliphatic rings. The van der Waals surface area contributed by atoms with Gasteiger partial charge in [0.05, 0.1) is 6.26 Å². The van der Waals surface area contributed by atoms with Crippen LogP contribution in [0.1, 0.15) is 5.76 Å². The zero-order valence-corrected chi connectivity index (χ0v) is 3.79. The van der Waals surface area contributed by atoms with Crippen LogP contribution in [-0.4, -0.2) is 56.5 Å². The Morgan fingerprint density at radius 3 is 2.62 bits per heavy atom. The van der Waals surface area contributed by atoms with Crippen LogP contribution in [0.2, 0.25) is 0 Å². The first kappa shape index (κ1) is 8.88. The Hall–Kier alpha value is 0.876. The standard InChI is InChI=1S/C5H6O2.K.H/c6-4-5-2-1-3-7-5;;/h1-3,6H,4H2;;. The third kappa shape index (κ3) is 2.43. The van der Waals surface area contributed by atoms with Gasteiger partial charge in [0.2, 0.25) is 0 Å². The van der Waals surface area contributed by atoms with Gasteiger partial charge in [0.15, 0.2) is 0 Å². The van der Waals surface area contributed by atoms with Crippen molar-refractivity contribution in [3.8, 4) is 0 Å². The van der Waals surface area contributed by atoms with E-state index in [0.717, 1.165) is 0 Å². The molecule has 1 rings (SSSR count). The summed E-state index contributed by atoms with van der Waals surface area (Å²) in [6.07, 6.45) is 1.53. The van der Waals surface area contributed by atoms with Gasteiger partial charge in [-0.15, -0.1) is 0 Å². The molecule has 8 heavy (non-hydrogen) atoms. The quantitative estimate of drug-likeness (QED) is 0.559. The molecule has 0 spiro atoms. The zero-order valence-electron chi connectivity index (χ0n) is 3.79. The van der Waals surface area contributed by atoms with Gasteiger partial charge in [0.1, 0.15) is 12.4 Å². The molecule has 0 aromatic carbocycles. The molecule has 1 aromatic heterocycles. The van der Waals surface area contributed by atoms with Gasteiger partial charge < -0.3 is 9.52 Å². The van der Waals surface area contributed by atoms with E-state index in [1.807, 2.05) is 0 Å². The molecular weight excluding hydrogens is 131 g/mol. The van der Waals surface area contributed by atoms with Crippen LogP contribution in [0.3, 0.4) is 0 Å². The van der Waals surface area contributed by atoms with Gasteiger partial charge in [-0.2, -0.15) is 0 Å². The first-order chi connectivity index (χ1) is 3.43. The van der Waals surface area contributed by atoms with Crippen LogP contribution >= 0.6 is 0 Å². The SMILES string of the molecule is OCc1ccco1.[KH]. The maximum absolute atomic E-state index is 8.33. The molecule has 1 aromatic rings. The summed E-state index contributed by atoms with van der Waals surface area (Å²) in [5.41, 5.74) is 0. The first-order valence-electron chi connectivity index (χ1n) is 2.06. The third-order valence-corrected chi connectivity index (χ3v) is 0.736. The molecule has 40 valence electrons. The fourth-order valence-corrected chi connectivity index (χ4v) is 0.403. The molecule has 0 radical (unpaired) electrons. The average Bonchev–Trinajstić information content (AvgIpc) is 2.14. The molecule has 3 heteroatoms. The minimum atomic E-state index is -0.00694. The summed E-state index contributed by atoms with van der Waals surface area (Å²) < 4.78 is 4.73. The molecule has 0 unspecified atom stereocenters. The molecule has 0 atom stereocenters. The Balaban J connectivity index is 0.000000490. The van der Waals surface area contributed by atoms with Crippen molar-refractivity contribution in [2.75, 3.05) is 0 Å². The van der Waals surface area contributed by atoms with Crippen LogP contribution in [0.15, 0.2) is 22.8 Å². The van der Waals surface area contributed by atoms with E-state index in [2.05, 4.69) is 0 Å². The van der Waals surface area contributed by atoms with E-state index in [1.54, 1.807) is 12.1 Å². The third-order valence-electron chi connectivity index (χ3n) is 0.736. The normalized spacial score (nSPS) is 8.12. The van der Waals surface area contributed by atoms with Crippen LogP contribution in [0.4, 0.5) is 0 Å². The monoisotopic (exact) mass is 138 g/mol. The Morgan fingerprint density at radius 2 is 2.38 bits per heavy atom. The molecule has 0 aliphatic heterocycles. The van der Waals surface area contributed by atoms with Gasteiger partial charge in [0, 0.05) is 0 Å². The topological polar surface area (TPSA) is 33.4 Å². The van der Waals surface area contributed by atoms with Crippen LogP contribution < -0.4 is 0 Å². The number of aliphatic hydroxyl groups is 1. The number of hydrogen-bond donors (Lipinski definition) is 1. The molecule has 0 saturated carbocycles.